The van der Waals surface area contributed by atoms with Crippen LogP contribution >= 0.6 is 0 Å². The number of para-hydroxylation sites is 1. The van der Waals surface area contributed by atoms with E-state index >= 15 is 0 Å². The van der Waals surface area contributed by atoms with Gasteiger partial charge in [0.15, 0.2) is 0 Å². The Morgan fingerprint density at radius 3 is 2.53 bits per heavy atom. The highest BCUT2D eigenvalue weighted by Gasteiger charge is 2.38. The second kappa shape index (κ2) is 4.56. The first-order valence-corrected chi connectivity index (χ1v) is 5.57. The number of hydrogen-bond donors (Lipinski definition) is 1. The number of nitrogens with zero attached hydrogens (tertiary/aromatic N) is 1. The molecular weight excluding hydrogens is 261 g/mol. The quantitative estimate of drug-likeness (QED) is 0.846. The van der Waals surface area contributed by atoms with Crippen molar-refractivity contribution in [3.05, 3.63) is 29.8 Å². The Kier molecular flexibility index (Phi) is 3.21. The molecule has 1 aliphatic heterocycles. The summed E-state index contributed by atoms with van der Waals surface area (Å²) in [5.74, 6) is -1.34. The van der Waals surface area contributed by atoms with E-state index in [0.29, 0.717) is 4.90 Å². The Morgan fingerprint density at radius 2 is 1.89 bits per heavy atom. The van der Waals surface area contributed by atoms with Gasteiger partial charge in [-0.1, -0.05) is 12.1 Å². The maximum absolute atomic E-state index is 12.6. The molecule has 102 valence electrons. The first kappa shape index (κ1) is 13.4. The minimum absolute atomic E-state index is 0.0216. The van der Waals surface area contributed by atoms with Crippen molar-refractivity contribution in [1.29, 1.82) is 0 Å². The highest BCUT2D eigenvalue weighted by molar-refractivity contribution is 6.10. The molecule has 2 rings (SSSR count). The van der Waals surface area contributed by atoms with E-state index in [9.17, 15) is 22.8 Å². The number of alkyl halides is 3. The van der Waals surface area contributed by atoms with Gasteiger partial charge in [0.1, 0.15) is 12.6 Å². The van der Waals surface area contributed by atoms with E-state index in [1.807, 2.05) is 0 Å². The van der Waals surface area contributed by atoms with Gasteiger partial charge in [0, 0.05) is 0 Å². The highest BCUT2D eigenvalue weighted by Crippen LogP contribution is 2.27. The largest absolute Gasteiger partial charge is 0.406 e. The average Bonchev–Trinajstić information content (AvgIpc) is 2.40. The van der Waals surface area contributed by atoms with Crippen LogP contribution in [0.1, 0.15) is 17.3 Å². The minimum Gasteiger partial charge on any atom is -0.340 e. The molecule has 1 aromatic rings. The van der Waals surface area contributed by atoms with E-state index in [-0.39, 0.29) is 11.3 Å². The van der Waals surface area contributed by atoms with Crippen molar-refractivity contribution in [2.24, 2.45) is 0 Å². The minimum atomic E-state index is -4.53. The Hall–Kier alpha value is -2.05. The van der Waals surface area contributed by atoms with E-state index in [0.717, 1.165) is 0 Å². The van der Waals surface area contributed by atoms with Crippen molar-refractivity contribution in [1.82, 2.24) is 5.32 Å². The number of carbonyl (C=O) groups is 2. The molecule has 1 atom stereocenters. The van der Waals surface area contributed by atoms with E-state index in [2.05, 4.69) is 5.32 Å². The van der Waals surface area contributed by atoms with Crippen LogP contribution in [0.25, 0.3) is 0 Å². The van der Waals surface area contributed by atoms with Gasteiger partial charge in [-0.3, -0.25) is 9.59 Å². The van der Waals surface area contributed by atoms with Crippen molar-refractivity contribution in [2.45, 2.75) is 19.1 Å². The maximum atomic E-state index is 12.6. The lowest BCUT2D eigenvalue weighted by molar-refractivity contribution is -0.133. The summed E-state index contributed by atoms with van der Waals surface area (Å²) < 4.78 is 37.7. The van der Waals surface area contributed by atoms with Gasteiger partial charge in [0.25, 0.3) is 5.91 Å². The smallest absolute Gasteiger partial charge is 0.340 e. The van der Waals surface area contributed by atoms with Crippen LogP contribution in [0.2, 0.25) is 0 Å². The van der Waals surface area contributed by atoms with Crippen LogP contribution in [0.4, 0.5) is 18.9 Å². The molecule has 0 spiro atoms. The van der Waals surface area contributed by atoms with Gasteiger partial charge in [-0.15, -0.1) is 0 Å². The Balaban J connectivity index is 2.51. The first-order valence-electron chi connectivity index (χ1n) is 5.57. The molecule has 1 unspecified atom stereocenters. The van der Waals surface area contributed by atoms with Crippen molar-refractivity contribution in [2.75, 3.05) is 11.4 Å². The fourth-order valence-electron chi connectivity index (χ4n) is 1.93. The second-order valence-electron chi connectivity index (χ2n) is 4.25. The van der Waals surface area contributed by atoms with Gasteiger partial charge >= 0.3 is 6.18 Å². The zero-order valence-electron chi connectivity index (χ0n) is 9.99. The molecule has 0 radical (unpaired) electrons. The molecular formula is C12H11F3N2O2. The molecule has 0 aromatic heterocycles. The molecule has 7 heteroatoms. The van der Waals surface area contributed by atoms with E-state index in [4.69, 9.17) is 0 Å². The normalized spacial score (nSPS) is 19.8. The third-order valence-corrected chi connectivity index (χ3v) is 2.76. The molecule has 1 N–H and O–H groups in total. The van der Waals surface area contributed by atoms with Crippen molar-refractivity contribution in [3.8, 4) is 0 Å². The predicted octanol–water partition coefficient (Wildman–Crippen LogP) is 1.71. The zero-order chi connectivity index (χ0) is 14.2. The summed E-state index contributed by atoms with van der Waals surface area (Å²) in [6, 6.07) is 4.74. The van der Waals surface area contributed by atoms with Gasteiger partial charge in [0.05, 0.1) is 11.3 Å². The Bertz CT molecular complexity index is 528. The Morgan fingerprint density at radius 1 is 1.26 bits per heavy atom. The molecule has 2 amide bonds. The number of benzene rings is 1. The zero-order valence-corrected chi connectivity index (χ0v) is 9.99. The number of nitrogens with one attached hydrogen (secondary N) is 1. The third kappa shape index (κ3) is 2.69. The van der Waals surface area contributed by atoms with Crippen LogP contribution in [0, 0.1) is 0 Å². The second-order valence-corrected chi connectivity index (χ2v) is 4.25. The van der Waals surface area contributed by atoms with Crippen molar-refractivity contribution in [3.63, 3.8) is 0 Å². The fourth-order valence-corrected chi connectivity index (χ4v) is 1.93. The molecule has 1 aliphatic rings. The molecule has 19 heavy (non-hydrogen) atoms. The molecule has 0 fully saturated rings. The highest BCUT2D eigenvalue weighted by atomic mass is 19.4. The van der Waals surface area contributed by atoms with E-state index < -0.39 is 30.6 Å². The van der Waals surface area contributed by atoms with Gasteiger partial charge in [-0.05, 0) is 19.1 Å². The van der Waals surface area contributed by atoms with Crippen molar-refractivity contribution < 1.29 is 22.8 Å². The fraction of sp³-hybridized carbons (Fsp3) is 0.333. The summed E-state index contributed by atoms with van der Waals surface area (Å²) in [6.07, 6.45) is -4.53. The maximum Gasteiger partial charge on any atom is 0.406 e. The van der Waals surface area contributed by atoms with Crippen LogP contribution in [-0.4, -0.2) is 30.6 Å². The molecule has 1 aromatic carbocycles. The number of hydrogen-bond acceptors (Lipinski definition) is 2. The lowest BCUT2D eigenvalue weighted by Gasteiger charge is -2.24. The number of fused-ring (bicyclic) bond motifs is 1. The molecule has 0 aliphatic carbocycles. The molecule has 0 saturated heterocycles. The Labute approximate surface area is 107 Å². The average molecular weight is 272 g/mol. The van der Waals surface area contributed by atoms with Crippen molar-refractivity contribution >= 4 is 17.5 Å². The number of rotatable bonds is 1. The number of anilines is 1. The monoisotopic (exact) mass is 272 g/mol. The lowest BCUT2D eigenvalue weighted by Crippen LogP contribution is -2.47. The molecule has 4 nitrogen and oxygen atoms in total. The standard InChI is InChI=1S/C12H11F3N2O2/c1-7-11(19)17(6-12(13,14)15)9-5-3-2-4-8(9)10(18)16-7/h2-5,7H,6H2,1H3,(H,16,18). The van der Waals surface area contributed by atoms with Gasteiger partial charge < -0.3 is 10.2 Å². The lowest BCUT2D eigenvalue weighted by atomic mass is 10.1. The number of carbonyl (C=O) groups excluding carboxylic acids is 2. The summed E-state index contributed by atoms with van der Waals surface area (Å²) in [5.41, 5.74) is 0.0381. The van der Waals surface area contributed by atoms with Crippen LogP contribution in [0.5, 0.6) is 0 Å². The molecule has 1 heterocycles. The summed E-state index contributed by atoms with van der Waals surface area (Å²) in [7, 11) is 0. The summed E-state index contributed by atoms with van der Waals surface area (Å²) in [4.78, 5) is 24.3. The first-order chi connectivity index (χ1) is 8.79. The topological polar surface area (TPSA) is 49.4 Å². The van der Waals surface area contributed by atoms with Gasteiger partial charge in [0.2, 0.25) is 5.91 Å². The van der Waals surface area contributed by atoms with E-state index in [1.54, 1.807) is 0 Å². The van der Waals surface area contributed by atoms with Gasteiger partial charge in [-0.25, -0.2) is 0 Å². The van der Waals surface area contributed by atoms with Crippen LogP contribution in [0.3, 0.4) is 0 Å². The van der Waals surface area contributed by atoms with E-state index in [1.165, 1.54) is 31.2 Å². The van der Waals surface area contributed by atoms with Crippen LogP contribution in [0.15, 0.2) is 24.3 Å². The predicted molar refractivity (Wildman–Crippen MR) is 61.8 cm³/mol. The van der Waals surface area contributed by atoms with Gasteiger partial charge in [-0.2, -0.15) is 13.2 Å². The number of halogens is 3. The summed E-state index contributed by atoms with van der Waals surface area (Å²) in [5, 5.41) is 2.37. The summed E-state index contributed by atoms with van der Waals surface area (Å²) >= 11 is 0. The SMILES string of the molecule is CC1NC(=O)c2ccccc2N(CC(F)(F)F)C1=O. The molecule has 0 saturated carbocycles. The summed E-state index contributed by atoms with van der Waals surface area (Å²) in [6.45, 7) is -0.0579. The third-order valence-electron chi connectivity index (χ3n) is 2.76. The van der Waals surface area contributed by atoms with Crippen LogP contribution in [-0.2, 0) is 4.79 Å². The molecule has 0 bridgehead atoms. The number of amides is 2. The van der Waals surface area contributed by atoms with Crippen LogP contribution < -0.4 is 10.2 Å².